The van der Waals surface area contributed by atoms with Crippen molar-refractivity contribution >= 4 is 60.7 Å². The molecule has 9 nitrogen and oxygen atoms in total. The first-order chi connectivity index (χ1) is 14.2. The molecule has 6 heterocycles. The van der Waals surface area contributed by atoms with Crippen molar-refractivity contribution in [2.45, 2.75) is 0 Å². The van der Waals surface area contributed by atoms with Gasteiger partial charge < -0.3 is 9.80 Å². The van der Waals surface area contributed by atoms with Crippen molar-refractivity contribution in [3.8, 4) is 0 Å². The third-order valence-corrected chi connectivity index (χ3v) is 7.09. The van der Waals surface area contributed by atoms with Crippen molar-refractivity contribution in [3.05, 3.63) is 35.0 Å². The largest absolute Gasteiger partial charge is 0.352 e. The van der Waals surface area contributed by atoms with Crippen molar-refractivity contribution < 1.29 is 4.79 Å². The molecule has 5 aromatic rings. The molecular weight excluding hydrogens is 408 g/mol. The number of anilines is 1. The van der Waals surface area contributed by atoms with Crippen LogP contribution in [0, 0.1) is 0 Å². The van der Waals surface area contributed by atoms with Gasteiger partial charge in [0.05, 0.1) is 22.0 Å². The van der Waals surface area contributed by atoms with Crippen LogP contribution in [-0.4, -0.2) is 66.1 Å². The molecular formula is C18H16N8OS2. The van der Waals surface area contributed by atoms with Crippen LogP contribution in [0.5, 0.6) is 0 Å². The van der Waals surface area contributed by atoms with E-state index in [0.717, 1.165) is 50.1 Å². The van der Waals surface area contributed by atoms with Crippen LogP contribution in [0.15, 0.2) is 30.2 Å². The highest BCUT2D eigenvalue weighted by Crippen LogP contribution is 2.30. The molecule has 0 aliphatic carbocycles. The Balaban J connectivity index is 1.22. The van der Waals surface area contributed by atoms with E-state index in [1.165, 1.54) is 11.3 Å². The summed E-state index contributed by atoms with van der Waals surface area (Å²) in [5.74, 6) is 0.955. The predicted octanol–water partition coefficient (Wildman–Crippen LogP) is 2.25. The molecule has 5 aromatic heterocycles. The van der Waals surface area contributed by atoms with E-state index >= 15 is 0 Å². The van der Waals surface area contributed by atoms with Gasteiger partial charge >= 0.3 is 0 Å². The summed E-state index contributed by atoms with van der Waals surface area (Å²) >= 11 is 3.07. The number of aromatic nitrogens is 6. The van der Waals surface area contributed by atoms with Gasteiger partial charge in [-0.1, -0.05) is 0 Å². The van der Waals surface area contributed by atoms with Crippen LogP contribution in [0.1, 0.15) is 9.67 Å². The van der Waals surface area contributed by atoms with Gasteiger partial charge in [0.2, 0.25) is 0 Å². The quantitative estimate of drug-likeness (QED) is 0.432. The molecule has 146 valence electrons. The molecule has 0 aromatic carbocycles. The average Bonchev–Trinajstić information content (AvgIpc) is 3.50. The maximum Gasteiger partial charge on any atom is 0.264 e. The Hall–Kier alpha value is -3.05. The van der Waals surface area contributed by atoms with Crippen LogP contribution >= 0.6 is 22.7 Å². The van der Waals surface area contributed by atoms with Gasteiger partial charge in [-0.2, -0.15) is 5.10 Å². The number of thiophene rings is 1. The normalized spacial score (nSPS) is 15.2. The number of nitrogens with zero attached hydrogens (tertiary/aromatic N) is 8. The number of hydrogen-bond acceptors (Lipinski definition) is 8. The Labute approximate surface area is 172 Å². The fourth-order valence-electron chi connectivity index (χ4n) is 3.83. The lowest BCUT2D eigenvalue weighted by atomic mass is 10.2. The minimum atomic E-state index is 0.0749. The van der Waals surface area contributed by atoms with Crippen molar-refractivity contribution in [3.63, 3.8) is 0 Å². The number of imidazole rings is 1. The Morgan fingerprint density at radius 3 is 2.90 bits per heavy atom. The van der Waals surface area contributed by atoms with Gasteiger partial charge in [-0.05, 0) is 6.07 Å². The first-order valence-corrected chi connectivity index (χ1v) is 10.9. The molecule has 0 atom stereocenters. The van der Waals surface area contributed by atoms with E-state index in [0.29, 0.717) is 13.1 Å². The molecule has 1 fully saturated rings. The molecule has 0 spiro atoms. The minimum Gasteiger partial charge on any atom is -0.352 e. The van der Waals surface area contributed by atoms with Gasteiger partial charge in [0.1, 0.15) is 17.0 Å². The zero-order chi connectivity index (χ0) is 19.5. The van der Waals surface area contributed by atoms with Gasteiger partial charge in [0.25, 0.3) is 5.91 Å². The Morgan fingerprint density at radius 2 is 2.03 bits per heavy atom. The van der Waals surface area contributed by atoms with Crippen LogP contribution in [0.3, 0.4) is 0 Å². The molecule has 6 rings (SSSR count). The SMILES string of the molecule is Cn1ncc2c(N3CCN(C(=O)c4cc5c(nc6sccn65)s4)CC3)ncnc21. The summed E-state index contributed by atoms with van der Waals surface area (Å²) in [4.78, 5) is 33.2. The standard InChI is InChI=1S/C18H16N8OS2/c1-23-14-11(9-21-23)15(20-10-19-14)24-2-4-25(5-3-24)17(27)13-8-12-16(29-13)22-18-26(12)6-7-28-18/h6-10H,2-5H2,1H3. The lowest BCUT2D eigenvalue weighted by molar-refractivity contribution is 0.0751. The summed E-state index contributed by atoms with van der Waals surface area (Å²) in [6.45, 7) is 2.76. The molecule has 0 radical (unpaired) electrons. The fraction of sp³-hybridized carbons (Fsp3) is 0.278. The lowest BCUT2D eigenvalue weighted by Crippen LogP contribution is -2.49. The van der Waals surface area contributed by atoms with Gasteiger partial charge in [0, 0.05) is 44.8 Å². The summed E-state index contributed by atoms with van der Waals surface area (Å²) in [5, 5.41) is 7.23. The number of hydrogen-bond donors (Lipinski definition) is 0. The van der Waals surface area contributed by atoms with Crippen molar-refractivity contribution in [1.82, 2.24) is 34.0 Å². The highest BCUT2D eigenvalue weighted by Gasteiger charge is 2.26. The first kappa shape index (κ1) is 16.9. The summed E-state index contributed by atoms with van der Waals surface area (Å²) in [6, 6.07) is 1.96. The van der Waals surface area contributed by atoms with E-state index < -0.39 is 0 Å². The molecule has 0 bridgehead atoms. The van der Waals surface area contributed by atoms with Crippen LogP contribution in [-0.2, 0) is 7.05 Å². The zero-order valence-corrected chi connectivity index (χ0v) is 17.2. The molecule has 0 saturated carbocycles. The highest BCUT2D eigenvalue weighted by atomic mass is 32.1. The van der Waals surface area contributed by atoms with Crippen molar-refractivity contribution in [2.75, 3.05) is 31.1 Å². The van der Waals surface area contributed by atoms with Crippen LogP contribution in [0.2, 0.25) is 0 Å². The molecule has 11 heteroatoms. The Kier molecular flexibility index (Phi) is 3.62. The van der Waals surface area contributed by atoms with Gasteiger partial charge in [-0.25, -0.2) is 15.0 Å². The third kappa shape index (κ3) is 2.54. The van der Waals surface area contributed by atoms with E-state index in [9.17, 15) is 4.79 Å². The van der Waals surface area contributed by atoms with Gasteiger partial charge in [-0.3, -0.25) is 13.9 Å². The molecule has 1 amide bonds. The maximum atomic E-state index is 13.0. The van der Waals surface area contributed by atoms with Gasteiger partial charge in [-0.15, -0.1) is 22.7 Å². The van der Waals surface area contributed by atoms with Crippen LogP contribution < -0.4 is 4.90 Å². The number of fused-ring (bicyclic) bond motifs is 4. The fourth-order valence-corrected chi connectivity index (χ4v) is 5.60. The van der Waals surface area contributed by atoms with E-state index in [-0.39, 0.29) is 5.91 Å². The first-order valence-electron chi connectivity index (χ1n) is 9.21. The molecule has 1 aliphatic heterocycles. The van der Waals surface area contributed by atoms with E-state index in [1.54, 1.807) is 28.5 Å². The summed E-state index contributed by atoms with van der Waals surface area (Å²) in [7, 11) is 1.87. The second-order valence-electron chi connectivity index (χ2n) is 6.95. The van der Waals surface area contributed by atoms with Crippen molar-refractivity contribution in [1.29, 1.82) is 0 Å². The van der Waals surface area contributed by atoms with Crippen molar-refractivity contribution in [2.24, 2.45) is 7.05 Å². The van der Waals surface area contributed by atoms with Crippen LogP contribution in [0.25, 0.3) is 26.3 Å². The van der Waals surface area contributed by atoms with Gasteiger partial charge in [0.15, 0.2) is 10.6 Å². The number of piperazine rings is 1. The second-order valence-corrected chi connectivity index (χ2v) is 8.85. The van der Waals surface area contributed by atoms with E-state index in [2.05, 4.69) is 25.0 Å². The summed E-state index contributed by atoms with van der Waals surface area (Å²) < 4.78 is 3.79. The number of aryl methyl sites for hydroxylation is 1. The lowest BCUT2D eigenvalue weighted by Gasteiger charge is -2.35. The minimum absolute atomic E-state index is 0.0749. The molecule has 1 saturated heterocycles. The topological polar surface area (TPSA) is 84.5 Å². The highest BCUT2D eigenvalue weighted by molar-refractivity contribution is 7.21. The molecule has 29 heavy (non-hydrogen) atoms. The molecule has 0 N–H and O–H groups in total. The number of carbonyl (C=O) groups is 1. The molecule has 1 aliphatic rings. The number of rotatable bonds is 2. The summed E-state index contributed by atoms with van der Waals surface area (Å²) in [5.41, 5.74) is 1.82. The second kappa shape index (κ2) is 6.22. The maximum absolute atomic E-state index is 13.0. The predicted molar refractivity (Wildman–Crippen MR) is 113 cm³/mol. The number of amides is 1. The third-order valence-electron chi connectivity index (χ3n) is 5.33. The number of thiazole rings is 1. The average molecular weight is 425 g/mol. The monoisotopic (exact) mass is 424 g/mol. The van der Waals surface area contributed by atoms with Crippen LogP contribution in [0.4, 0.5) is 5.82 Å². The van der Waals surface area contributed by atoms with E-state index in [4.69, 9.17) is 0 Å². The Morgan fingerprint density at radius 1 is 1.17 bits per heavy atom. The Bertz CT molecular complexity index is 1370. The smallest absolute Gasteiger partial charge is 0.264 e. The number of carbonyl (C=O) groups excluding carboxylic acids is 1. The zero-order valence-electron chi connectivity index (χ0n) is 15.5. The molecule has 0 unspecified atom stereocenters. The van der Waals surface area contributed by atoms with E-state index in [1.807, 2.05) is 34.0 Å². The summed E-state index contributed by atoms with van der Waals surface area (Å²) in [6.07, 6.45) is 5.37.